The molecule has 5 heteroatoms. The van der Waals surface area contributed by atoms with Gasteiger partial charge in [0.1, 0.15) is 6.04 Å². The first-order valence-electron chi connectivity index (χ1n) is 6.78. The predicted octanol–water partition coefficient (Wildman–Crippen LogP) is 0.322. The Hall–Kier alpha value is -1.10. The van der Waals surface area contributed by atoms with Crippen LogP contribution < -0.4 is 10.6 Å². The maximum atomic E-state index is 11.8. The fourth-order valence-corrected chi connectivity index (χ4v) is 2.66. The summed E-state index contributed by atoms with van der Waals surface area (Å²) in [5.41, 5.74) is -0.759. The van der Waals surface area contributed by atoms with Gasteiger partial charge in [0.2, 0.25) is 11.8 Å². The minimum atomic E-state index is -0.759. The van der Waals surface area contributed by atoms with Crippen molar-refractivity contribution in [1.29, 1.82) is 0 Å². The Bertz CT molecular complexity index is 335. The second-order valence-corrected chi connectivity index (χ2v) is 5.78. The van der Waals surface area contributed by atoms with Crippen molar-refractivity contribution >= 4 is 11.8 Å². The van der Waals surface area contributed by atoms with E-state index in [9.17, 15) is 14.7 Å². The molecular weight excluding hydrogens is 232 g/mol. The molecule has 2 amide bonds. The van der Waals surface area contributed by atoms with Crippen molar-refractivity contribution in [2.24, 2.45) is 5.92 Å². The van der Waals surface area contributed by atoms with Gasteiger partial charge in [-0.25, -0.2) is 0 Å². The Labute approximate surface area is 107 Å². The van der Waals surface area contributed by atoms with Crippen molar-refractivity contribution in [3.05, 3.63) is 0 Å². The van der Waals surface area contributed by atoms with Crippen LogP contribution in [0.25, 0.3) is 0 Å². The van der Waals surface area contributed by atoms with Crippen LogP contribution in [0, 0.1) is 5.92 Å². The van der Waals surface area contributed by atoms with Gasteiger partial charge in [0.25, 0.3) is 0 Å². The number of hydrogen-bond donors (Lipinski definition) is 3. The fourth-order valence-electron chi connectivity index (χ4n) is 2.66. The summed E-state index contributed by atoms with van der Waals surface area (Å²) >= 11 is 0. The molecule has 2 rings (SSSR count). The summed E-state index contributed by atoms with van der Waals surface area (Å²) in [6.07, 6.45) is 4.47. The van der Waals surface area contributed by atoms with Crippen molar-refractivity contribution in [2.45, 2.75) is 57.1 Å². The first-order valence-corrected chi connectivity index (χ1v) is 6.78. The second-order valence-electron chi connectivity index (χ2n) is 5.78. The lowest BCUT2D eigenvalue weighted by molar-refractivity contribution is -0.127. The molecule has 1 aliphatic heterocycles. The van der Waals surface area contributed by atoms with Crippen LogP contribution in [-0.4, -0.2) is 35.1 Å². The molecule has 1 heterocycles. The van der Waals surface area contributed by atoms with E-state index in [4.69, 9.17) is 0 Å². The lowest BCUT2D eigenvalue weighted by atomic mass is 9.79. The quantitative estimate of drug-likeness (QED) is 0.679. The van der Waals surface area contributed by atoms with Crippen molar-refractivity contribution < 1.29 is 14.7 Å². The molecule has 0 radical (unpaired) electrons. The van der Waals surface area contributed by atoms with Gasteiger partial charge < -0.3 is 15.7 Å². The zero-order chi connectivity index (χ0) is 13.2. The predicted molar refractivity (Wildman–Crippen MR) is 66.8 cm³/mol. The van der Waals surface area contributed by atoms with Crippen LogP contribution >= 0.6 is 0 Å². The van der Waals surface area contributed by atoms with E-state index in [1.54, 1.807) is 0 Å². The largest absolute Gasteiger partial charge is 0.388 e. The fraction of sp³-hybridized carbons (Fsp3) is 0.846. The molecule has 0 aromatic heterocycles. The molecule has 3 N–H and O–H groups in total. The summed E-state index contributed by atoms with van der Waals surface area (Å²) in [4.78, 5) is 22.8. The van der Waals surface area contributed by atoms with Gasteiger partial charge in [0, 0.05) is 13.0 Å². The summed E-state index contributed by atoms with van der Waals surface area (Å²) in [6, 6.07) is -0.413. The zero-order valence-electron chi connectivity index (χ0n) is 10.9. The van der Waals surface area contributed by atoms with E-state index in [1.165, 1.54) is 0 Å². The van der Waals surface area contributed by atoms with Crippen molar-refractivity contribution in [2.75, 3.05) is 6.54 Å². The van der Waals surface area contributed by atoms with Crippen molar-refractivity contribution in [1.82, 2.24) is 10.6 Å². The average Bonchev–Trinajstić information content (AvgIpc) is 2.77. The third-order valence-electron chi connectivity index (χ3n) is 4.11. The second kappa shape index (κ2) is 5.26. The van der Waals surface area contributed by atoms with Gasteiger partial charge in [-0.1, -0.05) is 6.92 Å². The van der Waals surface area contributed by atoms with Crippen LogP contribution in [0.1, 0.15) is 45.4 Å². The van der Waals surface area contributed by atoms with Gasteiger partial charge in [-0.3, -0.25) is 9.59 Å². The molecule has 0 unspecified atom stereocenters. The molecule has 102 valence electrons. The first-order chi connectivity index (χ1) is 8.48. The smallest absolute Gasteiger partial charge is 0.242 e. The van der Waals surface area contributed by atoms with Crippen LogP contribution in [0.3, 0.4) is 0 Å². The molecule has 1 saturated carbocycles. The van der Waals surface area contributed by atoms with Crippen LogP contribution in [0.5, 0.6) is 0 Å². The third-order valence-corrected chi connectivity index (χ3v) is 4.11. The van der Waals surface area contributed by atoms with Gasteiger partial charge in [-0.15, -0.1) is 0 Å². The molecule has 2 aliphatic rings. The van der Waals surface area contributed by atoms with E-state index in [0.717, 1.165) is 25.7 Å². The highest BCUT2D eigenvalue weighted by molar-refractivity contribution is 5.90. The Balaban J connectivity index is 1.77. The van der Waals surface area contributed by atoms with Gasteiger partial charge in [0.05, 0.1) is 5.60 Å². The topological polar surface area (TPSA) is 78.4 Å². The highest BCUT2D eigenvalue weighted by atomic mass is 16.3. The molecule has 2 fully saturated rings. The summed E-state index contributed by atoms with van der Waals surface area (Å²) in [6.45, 7) is 2.48. The van der Waals surface area contributed by atoms with E-state index in [-0.39, 0.29) is 11.8 Å². The van der Waals surface area contributed by atoms with Crippen LogP contribution in [0.4, 0.5) is 0 Å². The maximum absolute atomic E-state index is 11.8. The summed E-state index contributed by atoms with van der Waals surface area (Å²) in [5.74, 6) is 0.420. The summed E-state index contributed by atoms with van der Waals surface area (Å²) < 4.78 is 0. The van der Waals surface area contributed by atoms with Crippen LogP contribution in [-0.2, 0) is 9.59 Å². The number of hydrogen-bond acceptors (Lipinski definition) is 3. The van der Waals surface area contributed by atoms with Gasteiger partial charge in [-0.05, 0) is 38.0 Å². The minimum Gasteiger partial charge on any atom is -0.388 e. The Kier molecular flexibility index (Phi) is 3.90. The molecule has 1 atom stereocenters. The van der Waals surface area contributed by atoms with Crippen LogP contribution in [0.15, 0.2) is 0 Å². The SMILES string of the molecule is CC1CCC(O)(CNC(=O)[C@H]2CCC(=O)N2)CC1. The summed E-state index contributed by atoms with van der Waals surface area (Å²) in [5, 5.41) is 15.7. The highest BCUT2D eigenvalue weighted by Crippen LogP contribution is 2.31. The van der Waals surface area contributed by atoms with Crippen LogP contribution in [0.2, 0.25) is 0 Å². The van der Waals surface area contributed by atoms with Gasteiger partial charge in [0.15, 0.2) is 0 Å². The third kappa shape index (κ3) is 3.22. The monoisotopic (exact) mass is 254 g/mol. The van der Waals surface area contributed by atoms with E-state index in [1.807, 2.05) is 0 Å². The van der Waals surface area contributed by atoms with E-state index in [2.05, 4.69) is 17.6 Å². The Morgan fingerprint density at radius 2 is 2.11 bits per heavy atom. The molecule has 0 aromatic carbocycles. The van der Waals surface area contributed by atoms with E-state index < -0.39 is 11.6 Å². The summed E-state index contributed by atoms with van der Waals surface area (Å²) in [7, 11) is 0. The molecule has 5 nitrogen and oxygen atoms in total. The van der Waals surface area contributed by atoms with Crippen molar-refractivity contribution in [3.8, 4) is 0 Å². The lowest BCUT2D eigenvalue weighted by Crippen LogP contribution is -2.49. The number of nitrogens with one attached hydrogen (secondary N) is 2. The lowest BCUT2D eigenvalue weighted by Gasteiger charge is -2.35. The normalized spacial score (nSPS) is 36.2. The number of aliphatic hydroxyl groups is 1. The van der Waals surface area contributed by atoms with E-state index in [0.29, 0.717) is 25.3 Å². The molecule has 0 spiro atoms. The molecule has 1 aliphatic carbocycles. The number of carbonyl (C=O) groups excluding carboxylic acids is 2. The molecule has 18 heavy (non-hydrogen) atoms. The molecule has 0 bridgehead atoms. The number of carbonyl (C=O) groups is 2. The molecular formula is C13H22N2O3. The maximum Gasteiger partial charge on any atom is 0.242 e. The average molecular weight is 254 g/mol. The standard InChI is InChI=1S/C13H22N2O3/c1-9-4-6-13(18,7-5-9)8-14-12(17)10-2-3-11(16)15-10/h9-10,18H,2-8H2,1H3,(H,14,17)(H,15,16)/t9?,10-,13?/m1/s1. The van der Waals surface area contributed by atoms with E-state index >= 15 is 0 Å². The Morgan fingerprint density at radius 3 is 2.67 bits per heavy atom. The zero-order valence-corrected chi connectivity index (χ0v) is 10.9. The van der Waals surface area contributed by atoms with Gasteiger partial charge >= 0.3 is 0 Å². The minimum absolute atomic E-state index is 0.0691. The van der Waals surface area contributed by atoms with Crippen molar-refractivity contribution in [3.63, 3.8) is 0 Å². The number of rotatable bonds is 3. The number of amides is 2. The molecule has 0 aromatic rings. The highest BCUT2D eigenvalue weighted by Gasteiger charge is 2.34. The Morgan fingerprint density at radius 1 is 1.44 bits per heavy atom. The first kappa shape index (κ1) is 13.3. The molecule has 1 saturated heterocycles. The van der Waals surface area contributed by atoms with Gasteiger partial charge in [-0.2, -0.15) is 0 Å².